The number of aromatic nitrogens is 1. The fourth-order valence-electron chi connectivity index (χ4n) is 0.876. The Kier molecular flexibility index (Phi) is 5.01. The van der Waals surface area contributed by atoms with Gasteiger partial charge >= 0.3 is 5.97 Å². The van der Waals surface area contributed by atoms with Crippen LogP contribution in [0.15, 0.2) is 17.3 Å². The topological polar surface area (TPSA) is 90.7 Å². The molecule has 0 spiro atoms. The molecule has 0 radical (unpaired) electrons. The molecule has 0 saturated carbocycles. The van der Waals surface area contributed by atoms with Gasteiger partial charge < -0.3 is 15.3 Å². The molecule has 0 amide bonds. The van der Waals surface area contributed by atoms with Gasteiger partial charge in [0.15, 0.2) is 0 Å². The van der Waals surface area contributed by atoms with Crippen LogP contribution >= 0.6 is 23.4 Å². The summed E-state index contributed by atoms with van der Waals surface area (Å²) in [4.78, 5) is 14.5. The highest BCUT2D eigenvalue weighted by Gasteiger charge is 2.10. The quantitative estimate of drug-likeness (QED) is 0.683. The minimum absolute atomic E-state index is 0.0112. The Bertz CT molecular complexity index is 388. The number of thioether (sulfide) groups is 1. The predicted octanol–water partition coefficient (Wildman–Crippen LogP) is 0.878. The van der Waals surface area contributed by atoms with Crippen LogP contribution in [0.2, 0.25) is 5.02 Å². The van der Waals surface area contributed by atoms with Gasteiger partial charge in [-0.05, 0) is 6.07 Å². The van der Waals surface area contributed by atoms with Crippen LogP contribution in [0.5, 0.6) is 0 Å². The summed E-state index contributed by atoms with van der Waals surface area (Å²) >= 11 is 6.96. The number of hydrogen-bond donors (Lipinski definition) is 3. The number of carbonyl (C=O) groups is 1. The Labute approximate surface area is 101 Å². The number of aliphatic hydroxyl groups excluding tert-OH is 2. The molecular weight excluding hydrogens is 254 g/mol. The summed E-state index contributed by atoms with van der Waals surface area (Å²) in [5.41, 5.74) is 0.0112. The van der Waals surface area contributed by atoms with E-state index in [2.05, 4.69) is 4.98 Å². The lowest BCUT2D eigenvalue weighted by Gasteiger charge is -2.07. The smallest absolute Gasteiger partial charge is 0.337 e. The van der Waals surface area contributed by atoms with Crippen LogP contribution in [0.25, 0.3) is 0 Å². The largest absolute Gasteiger partial charge is 0.478 e. The highest BCUT2D eigenvalue weighted by molar-refractivity contribution is 7.99. The summed E-state index contributed by atoms with van der Waals surface area (Å²) in [6, 6.07) is 1.30. The second-order valence-electron chi connectivity index (χ2n) is 2.96. The molecule has 5 nitrogen and oxygen atoms in total. The maximum atomic E-state index is 10.6. The molecule has 0 fully saturated rings. The summed E-state index contributed by atoms with van der Waals surface area (Å²) in [7, 11) is 0. The molecule has 1 heterocycles. The molecule has 0 bridgehead atoms. The monoisotopic (exact) mass is 263 g/mol. The van der Waals surface area contributed by atoms with Gasteiger partial charge in [-0.3, -0.25) is 0 Å². The van der Waals surface area contributed by atoms with Crippen LogP contribution in [0, 0.1) is 0 Å². The van der Waals surface area contributed by atoms with Crippen molar-refractivity contribution in [2.45, 2.75) is 11.1 Å². The van der Waals surface area contributed by atoms with Gasteiger partial charge in [-0.15, -0.1) is 11.8 Å². The van der Waals surface area contributed by atoms with E-state index in [1.54, 1.807) is 0 Å². The van der Waals surface area contributed by atoms with Crippen LogP contribution in [-0.2, 0) is 0 Å². The second-order valence-corrected chi connectivity index (χ2v) is 4.38. The van der Waals surface area contributed by atoms with Crippen molar-refractivity contribution >= 4 is 29.3 Å². The van der Waals surface area contributed by atoms with Crippen molar-refractivity contribution in [1.29, 1.82) is 0 Å². The Hall–Kier alpha value is -0.820. The maximum absolute atomic E-state index is 10.6. The molecule has 0 aliphatic carbocycles. The van der Waals surface area contributed by atoms with Gasteiger partial charge in [0.2, 0.25) is 0 Å². The predicted molar refractivity (Wildman–Crippen MR) is 60.0 cm³/mol. The first-order chi connectivity index (χ1) is 7.54. The van der Waals surface area contributed by atoms with Gasteiger partial charge in [0.25, 0.3) is 0 Å². The highest BCUT2D eigenvalue weighted by atomic mass is 35.5. The number of halogens is 1. The van der Waals surface area contributed by atoms with Crippen molar-refractivity contribution < 1.29 is 20.1 Å². The molecule has 0 aliphatic rings. The van der Waals surface area contributed by atoms with E-state index in [9.17, 15) is 4.79 Å². The fourth-order valence-corrected chi connectivity index (χ4v) is 1.99. The van der Waals surface area contributed by atoms with Crippen molar-refractivity contribution in [3.8, 4) is 0 Å². The van der Waals surface area contributed by atoms with Gasteiger partial charge in [0.05, 0.1) is 23.3 Å². The summed E-state index contributed by atoms with van der Waals surface area (Å²) in [5, 5.41) is 27.0. The fraction of sp³-hybridized carbons (Fsp3) is 0.333. The molecule has 88 valence electrons. The van der Waals surface area contributed by atoms with E-state index >= 15 is 0 Å². The second kappa shape index (κ2) is 6.05. The Morgan fingerprint density at radius 2 is 2.31 bits per heavy atom. The lowest BCUT2D eigenvalue weighted by atomic mass is 10.3. The molecule has 7 heteroatoms. The summed E-state index contributed by atoms with van der Waals surface area (Å²) in [6.45, 7) is -0.335. The lowest BCUT2D eigenvalue weighted by molar-refractivity contribution is 0.0696. The van der Waals surface area contributed by atoms with E-state index in [1.807, 2.05) is 0 Å². The number of rotatable bonds is 5. The van der Waals surface area contributed by atoms with E-state index in [1.165, 1.54) is 12.3 Å². The zero-order chi connectivity index (χ0) is 12.1. The van der Waals surface area contributed by atoms with E-state index in [0.29, 0.717) is 5.03 Å². The number of pyridine rings is 1. The molecule has 1 aromatic rings. The third kappa shape index (κ3) is 3.64. The minimum Gasteiger partial charge on any atom is -0.478 e. The number of hydrogen-bond acceptors (Lipinski definition) is 5. The molecule has 0 aromatic carbocycles. The molecule has 16 heavy (non-hydrogen) atoms. The average molecular weight is 264 g/mol. The van der Waals surface area contributed by atoms with Crippen LogP contribution in [-0.4, -0.2) is 44.7 Å². The molecule has 0 saturated heterocycles. The Morgan fingerprint density at radius 1 is 1.62 bits per heavy atom. The Morgan fingerprint density at radius 3 is 2.81 bits per heavy atom. The standard InChI is InChI=1S/C9H10ClNO4S/c10-7-1-5(9(14)15)2-11-8(7)16-4-6(13)3-12/h1-2,6,12-13H,3-4H2,(H,14,15). The molecule has 1 aromatic heterocycles. The molecule has 1 rings (SSSR count). The average Bonchev–Trinajstić information content (AvgIpc) is 2.26. The summed E-state index contributed by atoms with van der Waals surface area (Å²) in [5.74, 6) is -0.850. The van der Waals surface area contributed by atoms with Crippen molar-refractivity contribution in [3.05, 3.63) is 22.8 Å². The first kappa shape index (κ1) is 13.2. The van der Waals surface area contributed by atoms with E-state index < -0.39 is 12.1 Å². The number of nitrogens with zero attached hydrogens (tertiary/aromatic N) is 1. The normalized spacial score (nSPS) is 12.4. The van der Waals surface area contributed by atoms with Crippen LogP contribution in [0.4, 0.5) is 0 Å². The number of aliphatic hydroxyl groups is 2. The number of aromatic carboxylic acids is 1. The van der Waals surface area contributed by atoms with Gasteiger partial charge in [-0.1, -0.05) is 11.6 Å². The van der Waals surface area contributed by atoms with Crippen LogP contribution < -0.4 is 0 Å². The first-order valence-electron chi connectivity index (χ1n) is 4.35. The van der Waals surface area contributed by atoms with Crippen molar-refractivity contribution in [2.24, 2.45) is 0 Å². The van der Waals surface area contributed by atoms with E-state index in [4.69, 9.17) is 26.9 Å². The summed E-state index contributed by atoms with van der Waals surface area (Å²) in [6.07, 6.45) is 0.351. The number of carboxylic acids is 1. The lowest BCUT2D eigenvalue weighted by Crippen LogP contribution is -2.14. The van der Waals surface area contributed by atoms with Crippen molar-refractivity contribution in [2.75, 3.05) is 12.4 Å². The maximum Gasteiger partial charge on any atom is 0.337 e. The first-order valence-corrected chi connectivity index (χ1v) is 5.71. The third-order valence-corrected chi connectivity index (χ3v) is 3.23. The summed E-state index contributed by atoms with van der Waals surface area (Å²) < 4.78 is 0. The van der Waals surface area contributed by atoms with Crippen molar-refractivity contribution in [3.63, 3.8) is 0 Å². The molecule has 3 N–H and O–H groups in total. The third-order valence-electron chi connectivity index (χ3n) is 1.68. The van der Waals surface area contributed by atoms with Gasteiger partial charge in [0, 0.05) is 11.9 Å². The minimum atomic E-state index is -1.10. The van der Waals surface area contributed by atoms with Gasteiger partial charge in [0.1, 0.15) is 5.03 Å². The zero-order valence-electron chi connectivity index (χ0n) is 8.13. The zero-order valence-corrected chi connectivity index (χ0v) is 9.70. The SMILES string of the molecule is O=C(O)c1cnc(SCC(O)CO)c(Cl)c1. The Balaban J connectivity index is 2.72. The molecular formula is C9H10ClNO4S. The van der Waals surface area contributed by atoms with Crippen LogP contribution in [0.3, 0.4) is 0 Å². The molecule has 1 atom stereocenters. The van der Waals surface area contributed by atoms with Gasteiger partial charge in [-0.25, -0.2) is 9.78 Å². The van der Waals surface area contributed by atoms with E-state index in [0.717, 1.165) is 11.8 Å². The number of carboxylic acid groups (broad SMARTS) is 1. The molecule has 1 unspecified atom stereocenters. The molecule has 0 aliphatic heterocycles. The van der Waals surface area contributed by atoms with E-state index in [-0.39, 0.29) is 22.9 Å². The van der Waals surface area contributed by atoms with Crippen molar-refractivity contribution in [1.82, 2.24) is 4.98 Å². The highest BCUT2D eigenvalue weighted by Crippen LogP contribution is 2.25. The van der Waals surface area contributed by atoms with Crippen LogP contribution in [0.1, 0.15) is 10.4 Å². The van der Waals surface area contributed by atoms with Gasteiger partial charge in [-0.2, -0.15) is 0 Å².